The van der Waals surface area contributed by atoms with Crippen LogP contribution in [0.15, 0.2) is 20.0 Å². The van der Waals surface area contributed by atoms with E-state index in [1.54, 1.807) is 13.8 Å². The minimum absolute atomic E-state index is 0.00129. The fraction of sp³-hybridized carbons (Fsp3) is 0.711. The Hall–Kier alpha value is -6.63. The maximum atomic E-state index is 14.1. The number of nitrogens with zero attached hydrogens (tertiary/aromatic N) is 4. The molecular formula is C38H73N19O7. The summed E-state index contributed by atoms with van der Waals surface area (Å²) < 4.78 is 0. The molecule has 1 aliphatic heterocycles. The molecule has 1 rings (SSSR count). The maximum absolute atomic E-state index is 14.1. The van der Waals surface area contributed by atoms with Gasteiger partial charge in [0.1, 0.15) is 42.3 Å². The molecule has 23 N–H and O–H groups in total. The smallest absolute Gasteiger partial charge is 0.243 e. The Morgan fingerprint density at radius 1 is 0.422 bits per heavy atom. The molecule has 64 heavy (non-hydrogen) atoms. The van der Waals surface area contributed by atoms with Crippen molar-refractivity contribution in [3.8, 4) is 0 Å². The third-order valence-corrected chi connectivity index (χ3v) is 9.65. The number of carbonyl (C=O) groups is 7. The van der Waals surface area contributed by atoms with Crippen molar-refractivity contribution in [1.29, 1.82) is 0 Å². The van der Waals surface area contributed by atoms with Crippen molar-refractivity contribution in [3.05, 3.63) is 0 Å². The van der Waals surface area contributed by atoms with E-state index in [4.69, 9.17) is 45.9 Å². The molecular weight excluding hydrogens is 835 g/mol. The first kappa shape index (κ1) is 55.4. The first-order valence-electron chi connectivity index (χ1n) is 21.4. The van der Waals surface area contributed by atoms with E-state index in [9.17, 15) is 33.6 Å². The van der Waals surface area contributed by atoms with Crippen LogP contribution in [-0.2, 0) is 33.6 Å². The Morgan fingerprint density at radius 2 is 0.703 bits per heavy atom. The molecule has 1 heterocycles. The van der Waals surface area contributed by atoms with Crippen molar-refractivity contribution >= 4 is 65.2 Å². The van der Waals surface area contributed by atoms with Crippen LogP contribution in [0.2, 0.25) is 0 Å². The summed E-state index contributed by atoms with van der Waals surface area (Å²) in [5.74, 6) is -6.73. The average Bonchev–Trinajstić information content (AvgIpc) is 3.19. The molecule has 1 fully saturated rings. The van der Waals surface area contributed by atoms with E-state index in [2.05, 4.69) is 57.2 Å². The van der Waals surface area contributed by atoms with Gasteiger partial charge in [0, 0.05) is 26.2 Å². The Kier molecular flexibility index (Phi) is 25.0. The van der Waals surface area contributed by atoms with Crippen LogP contribution in [0.1, 0.15) is 92.4 Å². The van der Waals surface area contributed by atoms with Crippen molar-refractivity contribution in [3.63, 3.8) is 0 Å². The molecule has 1 aliphatic rings. The molecule has 26 nitrogen and oxygen atoms in total. The highest BCUT2D eigenvalue weighted by Gasteiger charge is 2.35. The van der Waals surface area contributed by atoms with Gasteiger partial charge in [-0.15, -0.1) is 0 Å². The van der Waals surface area contributed by atoms with E-state index >= 15 is 0 Å². The predicted octanol–water partition coefficient (Wildman–Crippen LogP) is -5.67. The normalized spacial score (nSPS) is 23.1. The average molecular weight is 908 g/mol. The number of carbonyl (C=O) groups excluding carboxylic acids is 7. The van der Waals surface area contributed by atoms with Crippen LogP contribution in [0, 0.1) is 11.8 Å². The summed E-state index contributed by atoms with van der Waals surface area (Å²) >= 11 is 0. The molecule has 7 amide bonds. The molecule has 0 spiro atoms. The molecule has 0 unspecified atom stereocenters. The number of hydrogen-bond acceptors (Lipinski definition) is 11. The molecule has 0 aromatic rings. The Bertz CT molecular complexity index is 1690. The number of guanidine groups is 4. The third kappa shape index (κ3) is 22.5. The number of amides is 7. The molecule has 26 heteroatoms. The summed E-state index contributed by atoms with van der Waals surface area (Å²) in [6, 6.07) is -8.79. The molecule has 0 radical (unpaired) electrons. The fourth-order valence-corrected chi connectivity index (χ4v) is 6.34. The van der Waals surface area contributed by atoms with Crippen LogP contribution in [0.25, 0.3) is 0 Å². The Balaban J connectivity index is 3.91. The van der Waals surface area contributed by atoms with Gasteiger partial charge in [-0.25, -0.2) is 0 Å². The zero-order chi connectivity index (χ0) is 48.5. The van der Waals surface area contributed by atoms with Gasteiger partial charge in [-0.1, -0.05) is 27.7 Å². The molecule has 0 aromatic heterocycles. The quantitative estimate of drug-likeness (QED) is 0.0326. The summed E-state index contributed by atoms with van der Waals surface area (Å²) in [5, 5.41) is 18.7. The van der Waals surface area contributed by atoms with Crippen LogP contribution in [0.5, 0.6) is 0 Å². The summed E-state index contributed by atoms with van der Waals surface area (Å²) in [6.45, 7) is 8.76. The van der Waals surface area contributed by atoms with Gasteiger partial charge >= 0.3 is 0 Å². The van der Waals surface area contributed by atoms with Gasteiger partial charge in [0.05, 0.1) is 0 Å². The SMILES string of the molecule is CC(C)C[C@H]1NC(=O)[C@H](C(C)C)NC(=O)[C@H](CCCN=C(N)N)NC(=O)[C@@H](CCCN=C(N)N)NC(=O)[C@@H](C)NC(=O)[C@H](CCCN=C(N)N)NC(=O)[C@H](CCCN=C(N)N)NC1=O. The summed E-state index contributed by atoms with van der Waals surface area (Å²) in [5.41, 5.74) is 43.9. The zero-order valence-electron chi connectivity index (χ0n) is 37.7. The lowest BCUT2D eigenvalue weighted by molar-refractivity contribution is -0.136. The molecule has 0 saturated carbocycles. The highest BCUT2D eigenvalue weighted by molar-refractivity contribution is 5.98. The molecule has 1 saturated heterocycles. The van der Waals surface area contributed by atoms with Crippen molar-refractivity contribution in [2.75, 3.05) is 26.2 Å². The standard InChI is InChI=1S/C38H73N19O7/c1-19(2)18-26-33(63)55-24(12-8-16-49-37(43)44)31(61)53-22(10-6-14-47-35(39)40)29(59)51-21(5)28(58)52-23(11-7-15-48-36(41)42)30(60)54-25(13-9-17-50-38(45)46)32(62)57-27(20(3)4)34(64)56-26/h19-27H,6-18H2,1-5H3,(H,51,59)(H,52,58)(H,53,61)(H,54,60)(H,55,63)(H,56,64)(H,57,62)(H4,39,40,47)(H4,41,42,48)(H4,43,44,49)(H4,45,46,50)/t21-,22+,23-,24+,25+,26-,27+/m1/s1. The molecule has 7 atom stereocenters. The van der Waals surface area contributed by atoms with Gasteiger partial charge in [-0.3, -0.25) is 53.5 Å². The van der Waals surface area contributed by atoms with Crippen LogP contribution in [0.3, 0.4) is 0 Å². The first-order chi connectivity index (χ1) is 30.0. The van der Waals surface area contributed by atoms with Crippen LogP contribution < -0.4 is 83.1 Å². The van der Waals surface area contributed by atoms with Crippen LogP contribution >= 0.6 is 0 Å². The second kappa shape index (κ2) is 28.9. The minimum Gasteiger partial charge on any atom is -0.370 e. The van der Waals surface area contributed by atoms with E-state index in [-0.39, 0.29) is 114 Å². The Morgan fingerprint density at radius 3 is 1.02 bits per heavy atom. The highest BCUT2D eigenvalue weighted by atomic mass is 16.2. The molecule has 0 bridgehead atoms. The number of nitrogens with two attached hydrogens (primary N) is 8. The van der Waals surface area contributed by atoms with Gasteiger partial charge in [0.2, 0.25) is 41.4 Å². The predicted molar refractivity (Wildman–Crippen MR) is 243 cm³/mol. The lowest BCUT2D eigenvalue weighted by Crippen LogP contribution is -2.60. The highest BCUT2D eigenvalue weighted by Crippen LogP contribution is 2.12. The van der Waals surface area contributed by atoms with E-state index in [1.165, 1.54) is 6.92 Å². The summed E-state index contributed by atoms with van der Waals surface area (Å²) in [7, 11) is 0. The van der Waals surface area contributed by atoms with E-state index in [0.717, 1.165) is 0 Å². The number of aliphatic imine (C=N–C) groups is 4. The van der Waals surface area contributed by atoms with Crippen molar-refractivity contribution < 1.29 is 33.6 Å². The van der Waals surface area contributed by atoms with Crippen molar-refractivity contribution in [2.24, 2.45) is 77.7 Å². The second-order valence-electron chi connectivity index (χ2n) is 16.2. The molecule has 362 valence electrons. The van der Waals surface area contributed by atoms with Gasteiger partial charge in [-0.05, 0) is 76.5 Å². The van der Waals surface area contributed by atoms with Gasteiger partial charge in [-0.2, -0.15) is 0 Å². The maximum Gasteiger partial charge on any atom is 0.243 e. The monoisotopic (exact) mass is 908 g/mol. The van der Waals surface area contributed by atoms with E-state index in [0.29, 0.717) is 0 Å². The van der Waals surface area contributed by atoms with E-state index in [1.807, 2.05) is 13.8 Å². The van der Waals surface area contributed by atoms with Crippen molar-refractivity contribution in [2.45, 2.75) is 135 Å². The zero-order valence-corrected chi connectivity index (χ0v) is 37.7. The lowest BCUT2D eigenvalue weighted by atomic mass is 9.98. The topological polar surface area (TPSA) is 461 Å². The summed E-state index contributed by atoms with van der Waals surface area (Å²) in [4.78, 5) is 114. The third-order valence-electron chi connectivity index (χ3n) is 9.65. The van der Waals surface area contributed by atoms with Crippen molar-refractivity contribution in [1.82, 2.24) is 37.2 Å². The van der Waals surface area contributed by atoms with Crippen LogP contribution in [0.4, 0.5) is 0 Å². The number of nitrogens with one attached hydrogen (secondary N) is 7. The number of rotatable bonds is 19. The van der Waals surface area contributed by atoms with Gasteiger partial charge in [0.15, 0.2) is 23.8 Å². The summed E-state index contributed by atoms with van der Waals surface area (Å²) in [6.07, 6.45) is 0.928. The van der Waals surface area contributed by atoms with Crippen LogP contribution in [-0.4, -0.2) is 134 Å². The van der Waals surface area contributed by atoms with Gasteiger partial charge in [0.25, 0.3) is 0 Å². The fourth-order valence-electron chi connectivity index (χ4n) is 6.34. The number of hydrogen-bond donors (Lipinski definition) is 15. The molecule has 0 aromatic carbocycles. The minimum atomic E-state index is -1.28. The second-order valence-corrected chi connectivity index (χ2v) is 16.2. The lowest BCUT2D eigenvalue weighted by Gasteiger charge is -2.29. The first-order valence-corrected chi connectivity index (χ1v) is 21.4. The van der Waals surface area contributed by atoms with Gasteiger partial charge < -0.3 is 83.1 Å². The largest absolute Gasteiger partial charge is 0.370 e. The molecule has 0 aliphatic carbocycles. The van der Waals surface area contributed by atoms with E-state index < -0.39 is 89.6 Å². The Labute approximate surface area is 374 Å².